The number of hydrogen-bond donors (Lipinski definition) is 2. The van der Waals surface area contributed by atoms with Gasteiger partial charge in [-0.15, -0.1) is 0 Å². The molecule has 0 atom stereocenters. The third-order valence-electron chi connectivity index (χ3n) is 8.50. The predicted octanol–water partition coefficient (Wildman–Crippen LogP) is 4.59. The molecule has 1 saturated heterocycles. The molecule has 0 unspecified atom stereocenters. The highest BCUT2D eigenvalue weighted by Gasteiger charge is 2.25. The molecule has 0 bridgehead atoms. The number of nitrogens with one attached hydrogen (secondary N) is 1. The van der Waals surface area contributed by atoms with E-state index in [0.29, 0.717) is 55.3 Å². The normalized spacial score (nSPS) is 13.7. The number of hydrogen-bond acceptors (Lipinski definition) is 7. The van der Waals surface area contributed by atoms with Gasteiger partial charge in [-0.1, -0.05) is 17.7 Å². The maximum atomic E-state index is 15.5. The Bertz CT molecular complexity index is 1750. The molecule has 47 heavy (non-hydrogen) atoms. The Kier molecular flexibility index (Phi) is 11.0. The Labute approximate surface area is 277 Å². The fourth-order valence-corrected chi connectivity index (χ4v) is 5.98. The van der Waals surface area contributed by atoms with Crippen molar-refractivity contribution in [3.8, 4) is 22.4 Å². The lowest BCUT2D eigenvalue weighted by molar-refractivity contribution is 0.0635. The van der Waals surface area contributed by atoms with Crippen molar-refractivity contribution in [2.75, 3.05) is 58.3 Å². The summed E-state index contributed by atoms with van der Waals surface area (Å²) in [4.78, 5) is 34.6. The van der Waals surface area contributed by atoms with Crippen LogP contribution in [-0.2, 0) is 18.3 Å². The van der Waals surface area contributed by atoms with Crippen molar-refractivity contribution in [1.29, 1.82) is 0 Å². The second-order valence-electron chi connectivity index (χ2n) is 11.5. The van der Waals surface area contributed by atoms with Gasteiger partial charge in [0.25, 0.3) is 11.8 Å². The first-order chi connectivity index (χ1) is 22.6. The molecule has 3 N–H and O–H groups in total. The molecule has 0 spiro atoms. The molecule has 2 aromatic heterocycles. The first-order valence-corrected chi connectivity index (χ1v) is 15.9. The number of unbranched alkanes of at least 4 members (excludes halogenated alkanes) is 1. The van der Waals surface area contributed by atoms with Crippen LogP contribution in [0, 0.1) is 18.6 Å². The number of nitrogens with zero attached hydrogens (tertiary/aromatic N) is 6. The van der Waals surface area contributed by atoms with Gasteiger partial charge in [-0.2, -0.15) is 5.10 Å². The van der Waals surface area contributed by atoms with Crippen molar-refractivity contribution in [2.24, 2.45) is 12.8 Å². The number of benzene rings is 2. The van der Waals surface area contributed by atoms with Crippen LogP contribution in [0.4, 0.5) is 14.5 Å². The van der Waals surface area contributed by atoms with E-state index in [0.717, 1.165) is 32.5 Å². The van der Waals surface area contributed by atoms with Crippen molar-refractivity contribution in [1.82, 2.24) is 29.1 Å². The lowest BCUT2D eigenvalue weighted by atomic mass is 10.0. The number of imidazole rings is 1. The van der Waals surface area contributed by atoms with E-state index >= 15 is 8.78 Å². The molecular formula is C33H39ClF2N8O3. The van der Waals surface area contributed by atoms with Crippen LogP contribution in [0.25, 0.3) is 22.4 Å². The van der Waals surface area contributed by atoms with E-state index in [1.54, 1.807) is 42.8 Å². The monoisotopic (exact) mass is 668 g/mol. The molecule has 4 aromatic rings. The summed E-state index contributed by atoms with van der Waals surface area (Å²) in [6, 6.07) is 7.62. The van der Waals surface area contributed by atoms with Crippen LogP contribution in [0.1, 0.15) is 39.5 Å². The molecule has 1 aliphatic rings. The first kappa shape index (κ1) is 34.2. The van der Waals surface area contributed by atoms with Crippen LogP contribution in [0.2, 0.25) is 5.02 Å². The Morgan fingerprint density at radius 1 is 1.00 bits per heavy atom. The number of amides is 2. The molecule has 2 amide bonds. The van der Waals surface area contributed by atoms with Crippen LogP contribution < -0.4 is 11.1 Å². The number of carbonyl (C=O) groups is 2. The zero-order valence-electron chi connectivity index (χ0n) is 26.7. The molecule has 14 heteroatoms. The second kappa shape index (κ2) is 15.2. The molecule has 0 radical (unpaired) electrons. The zero-order valence-corrected chi connectivity index (χ0v) is 27.5. The number of nitrogens with two attached hydrogens (primary N) is 1. The topological polar surface area (TPSA) is 124 Å². The van der Waals surface area contributed by atoms with Gasteiger partial charge in [-0.05, 0) is 57.1 Å². The van der Waals surface area contributed by atoms with Crippen molar-refractivity contribution in [3.63, 3.8) is 0 Å². The van der Waals surface area contributed by atoms with Gasteiger partial charge in [0.05, 0.1) is 41.8 Å². The third-order valence-corrected chi connectivity index (χ3v) is 8.81. The fourth-order valence-electron chi connectivity index (χ4n) is 5.72. The molecule has 1 fully saturated rings. The number of aromatic nitrogens is 4. The summed E-state index contributed by atoms with van der Waals surface area (Å²) in [5, 5.41) is 7.19. The smallest absolute Gasteiger partial charge is 0.291 e. The Hall–Kier alpha value is -4.17. The molecule has 3 heterocycles. The number of ether oxygens (including phenoxy) is 1. The summed E-state index contributed by atoms with van der Waals surface area (Å²) < 4.78 is 39.0. The lowest BCUT2D eigenvalue weighted by Gasteiger charge is -2.35. The Morgan fingerprint density at radius 2 is 1.72 bits per heavy atom. The summed E-state index contributed by atoms with van der Waals surface area (Å²) in [5.74, 6) is -2.88. The van der Waals surface area contributed by atoms with Gasteiger partial charge < -0.3 is 25.3 Å². The van der Waals surface area contributed by atoms with E-state index in [1.807, 2.05) is 0 Å². The van der Waals surface area contributed by atoms with Crippen LogP contribution >= 0.6 is 11.6 Å². The maximum Gasteiger partial charge on any atom is 0.291 e. The number of piperazine rings is 1. The maximum absolute atomic E-state index is 15.5. The highest BCUT2D eigenvalue weighted by Crippen LogP contribution is 2.33. The van der Waals surface area contributed by atoms with Crippen LogP contribution in [0.15, 0.2) is 42.7 Å². The average molecular weight is 669 g/mol. The van der Waals surface area contributed by atoms with Crippen LogP contribution in [-0.4, -0.2) is 93.9 Å². The third kappa shape index (κ3) is 7.38. The van der Waals surface area contributed by atoms with Crippen molar-refractivity contribution < 1.29 is 23.1 Å². The molecule has 0 saturated carbocycles. The molecule has 5 rings (SSSR count). The van der Waals surface area contributed by atoms with Crippen molar-refractivity contribution >= 4 is 29.1 Å². The lowest BCUT2D eigenvalue weighted by Crippen LogP contribution is -2.48. The largest absolute Gasteiger partial charge is 0.383 e. The van der Waals surface area contributed by atoms with E-state index < -0.39 is 17.5 Å². The van der Waals surface area contributed by atoms with Gasteiger partial charge in [0.1, 0.15) is 0 Å². The van der Waals surface area contributed by atoms with Crippen molar-refractivity contribution in [2.45, 2.75) is 26.3 Å². The van der Waals surface area contributed by atoms with E-state index in [-0.39, 0.29) is 33.6 Å². The first-order valence-electron chi connectivity index (χ1n) is 15.5. The van der Waals surface area contributed by atoms with E-state index in [1.165, 1.54) is 35.2 Å². The van der Waals surface area contributed by atoms with Gasteiger partial charge in [0.15, 0.2) is 17.5 Å². The Morgan fingerprint density at radius 3 is 2.43 bits per heavy atom. The van der Waals surface area contributed by atoms with Crippen molar-refractivity contribution in [3.05, 3.63) is 76.5 Å². The highest BCUT2D eigenvalue weighted by atomic mass is 35.5. The van der Waals surface area contributed by atoms with E-state index in [9.17, 15) is 9.59 Å². The minimum atomic E-state index is -1.07. The minimum absolute atomic E-state index is 0.0280. The van der Waals surface area contributed by atoms with Crippen LogP contribution in [0.5, 0.6) is 0 Å². The average Bonchev–Trinajstić information content (AvgIpc) is 3.63. The molecule has 2 aromatic carbocycles. The number of halogens is 3. The van der Waals surface area contributed by atoms with Gasteiger partial charge in [0.2, 0.25) is 0 Å². The van der Waals surface area contributed by atoms with Crippen LogP contribution in [0.3, 0.4) is 0 Å². The second-order valence-corrected chi connectivity index (χ2v) is 11.9. The SMILES string of the molecule is COCCn1ncc(-c2ccc(-c3cnc(C(=O)Nc4ccc(C(=O)N5CCN(CCCCN)CC5)c(Cl)c4)n3C)c(F)c2F)c1C. The quantitative estimate of drug-likeness (QED) is 0.212. The summed E-state index contributed by atoms with van der Waals surface area (Å²) in [5.41, 5.74) is 7.67. The summed E-state index contributed by atoms with van der Waals surface area (Å²) in [6.45, 7) is 7.11. The zero-order chi connectivity index (χ0) is 33.7. The molecular weight excluding hydrogens is 630 g/mol. The Balaban J connectivity index is 1.26. The van der Waals surface area contributed by atoms with Gasteiger partial charge in [0, 0.05) is 68.4 Å². The highest BCUT2D eigenvalue weighted by molar-refractivity contribution is 6.34. The number of carbonyl (C=O) groups excluding carboxylic acids is 2. The summed E-state index contributed by atoms with van der Waals surface area (Å²) in [6.07, 6.45) is 4.83. The van der Waals surface area contributed by atoms with Gasteiger partial charge >= 0.3 is 0 Å². The molecule has 11 nitrogen and oxygen atoms in total. The van der Waals surface area contributed by atoms with E-state index in [2.05, 4.69) is 20.3 Å². The van der Waals surface area contributed by atoms with Gasteiger partial charge in [-0.3, -0.25) is 19.2 Å². The molecule has 1 aliphatic heterocycles. The summed E-state index contributed by atoms with van der Waals surface area (Å²) >= 11 is 6.49. The van der Waals surface area contributed by atoms with E-state index in [4.69, 9.17) is 22.1 Å². The fraction of sp³-hybridized carbons (Fsp3) is 0.394. The standard InChI is InChI=1S/C33H39ClF2N8O3/c1-21-26(19-39-44(21)16-17-47-3)23-8-9-25(30(36)29(23)35)28-20-38-31(41(28)2)32(45)40-22-6-7-24(27(34)18-22)33(46)43-14-12-42(13-15-43)11-5-4-10-37/h6-9,18-20H,4-5,10-17,37H2,1-3H3,(H,40,45). The number of methoxy groups -OCH3 is 1. The molecule has 0 aliphatic carbocycles. The summed E-state index contributed by atoms with van der Waals surface area (Å²) in [7, 11) is 3.12. The number of rotatable bonds is 12. The predicted molar refractivity (Wildman–Crippen MR) is 176 cm³/mol. The number of anilines is 1. The molecule has 250 valence electrons. The van der Waals surface area contributed by atoms with Gasteiger partial charge in [-0.25, -0.2) is 13.8 Å². The minimum Gasteiger partial charge on any atom is -0.383 e.